The first-order chi connectivity index (χ1) is 9.79. The maximum Gasteiger partial charge on any atom is 0.241 e. The molecule has 0 heterocycles. The number of halogens is 1. The SMILES string of the molecule is Cc1cc(N)c(C)c(S(=O)(=O)NCc2cccc(Br)c2)c1. The van der Waals surface area contributed by atoms with Gasteiger partial charge in [0.15, 0.2) is 0 Å². The van der Waals surface area contributed by atoms with Crippen molar-refractivity contribution in [3.8, 4) is 0 Å². The molecule has 0 aliphatic rings. The van der Waals surface area contributed by atoms with Crippen LogP contribution in [0, 0.1) is 13.8 Å². The lowest BCUT2D eigenvalue weighted by Gasteiger charge is -2.12. The molecule has 4 nitrogen and oxygen atoms in total. The van der Waals surface area contributed by atoms with Crippen LogP contribution in [0.2, 0.25) is 0 Å². The van der Waals surface area contributed by atoms with Crippen LogP contribution in [0.15, 0.2) is 45.8 Å². The van der Waals surface area contributed by atoms with Gasteiger partial charge >= 0.3 is 0 Å². The van der Waals surface area contributed by atoms with E-state index in [9.17, 15) is 8.42 Å². The molecule has 0 bridgehead atoms. The highest BCUT2D eigenvalue weighted by Crippen LogP contribution is 2.23. The summed E-state index contributed by atoms with van der Waals surface area (Å²) in [5.41, 5.74) is 8.60. The van der Waals surface area contributed by atoms with E-state index in [1.807, 2.05) is 31.2 Å². The second kappa shape index (κ2) is 6.17. The van der Waals surface area contributed by atoms with Crippen molar-refractivity contribution in [3.63, 3.8) is 0 Å². The van der Waals surface area contributed by atoms with E-state index in [1.54, 1.807) is 19.1 Å². The zero-order valence-corrected chi connectivity index (χ0v) is 14.3. The number of hydrogen-bond acceptors (Lipinski definition) is 3. The largest absolute Gasteiger partial charge is 0.398 e. The van der Waals surface area contributed by atoms with Crippen molar-refractivity contribution in [1.82, 2.24) is 4.72 Å². The number of rotatable bonds is 4. The number of benzene rings is 2. The summed E-state index contributed by atoms with van der Waals surface area (Å²) in [5.74, 6) is 0. The van der Waals surface area contributed by atoms with Gasteiger partial charge in [-0.15, -0.1) is 0 Å². The summed E-state index contributed by atoms with van der Waals surface area (Å²) in [5, 5.41) is 0. The van der Waals surface area contributed by atoms with E-state index in [1.165, 1.54) is 0 Å². The summed E-state index contributed by atoms with van der Waals surface area (Å²) in [6, 6.07) is 10.9. The van der Waals surface area contributed by atoms with Crippen molar-refractivity contribution in [1.29, 1.82) is 0 Å². The van der Waals surface area contributed by atoms with E-state index in [4.69, 9.17) is 5.73 Å². The number of aryl methyl sites for hydroxylation is 1. The standard InChI is InChI=1S/C15H17BrN2O2S/c1-10-6-14(17)11(2)15(7-10)21(19,20)18-9-12-4-3-5-13(16)8-12/h3-8,18H,9,17H2,1-2H3. The zero-order valence-electron chi connectivity index (χ0n) is 11.9. The van der Waals surface area contributed by atoms with E-state index in [-0.39, 0.29) is 11.4 Å². The van der Waals surface area contributed by atoms with E-state index in [0.29, 0.717) is 11.3 Å². The Morgan fingerprint density at radius 2 is 1.90 bits per heavy atom. The van der Waals surface area contributed by atoms with Crippen LogP contribution in [0.1, 0.15) is 16.7 Å². The molecule has 3 N–H and O–H groups in total. The number of nitrogen functional groups attached to an aromatic ring is 1. The summed E-state index contributed by atoms with van der Waals surface area (Å²) in [6.07, 6.45) is 0. The molecule has 6 heteroatoms. The average Bonchev–Trinajstić information content (AvgIpc) is 2.41. The molecule has 0 aromatic heterocycles. The third-order valence-electron chi connectivity index (χ3n) is 3.19. The predicted octanol–water partition coefficient (Wildman–Crippen LogP) is 3.13. The van der Waals surface area contributed by atoms with Gasteiger partial charge in [0, 0.05) is 16.7 Å². The molecule has 2 aromatic rings. The molecule has 0 aliphatic heterocycles. The van der Waals surface area contributed by atoms with Crippen molar-refractivity contribution in [2.75, 3.05) is 5.73 Å². The van der Waals surface area contributed by atoms with Crippen molar-refractivity contribution in [2.24, 2.45) is 0 Å². The molecule has 0 atom stereocenters. The smallest absolute Gasteiger partial charge is 0.241 e. The normalized spacial score (nSPS) is 11.6. The quantitative estimate of drug-likeness (QED) is 0.814. The molecule has 0 aliphatic carbocycles. The van der Waals surface area contributed by atoms with Gasteiger partial charge in [-0.2, -0.15) is 0 Å². The second-order valence-corrected chi connectivity index (χ2v) is 7.58. The maximum absolute atomic E-state index is 12.4. The fourth-order valence-electron chi connectivity index (χ4n) is 2.03. The Hall–Kier alpha value is -1.37. The molecule has 0 radical (unpaired) electrons. The van der Waals surface area contributed by atoms with Crippen LogP contribution in [0.3, 0.4) is 0 Å². The third kappa shape index (κ3) is 3.84. The van der Waals surface area contributed by atoms with E-state index >= 15 is 0 Å². The Bertz CT molecular complexity index is 773. The van der Waals surface area contributed by atoms with Gasteiger partial charge in [-0.25, -0.2) is 13.1 Å². The highest BCUT2D eigenvalue weighted by atomic mass is 79.9. The minimum Gasteiger partial charge on any atom is -0.398 e. The molecular formula is C15H17BrN2O2S. The van der Waals surface area contributed by atoms with Gasteiger partial charge in [0.1, 0.15) is 0 Å². The fraction of sp³-hybridized carbons (Fsp3) is 0.200. The molecule has 0 spiro atoms. The number of sulfonamides is 1. The summed E-state index contributed by atoms with van der Waals surface area (Å²) in [6.45, 7) is 3.76. The van der Waals surface area contributed by atoms with Crippen molar-refractivity contribution in [3.05, 3.63) is 57.6 Å². The highest BCUT2D eigenvalue weighted by Gasteiger charge is 2.18. The van der Waals surface area contributed by atoms with Crippen molar-refractivity contribution >= 4 is 31.6 Å². The monoisotopic (exact) mass is 368 g/mol. The lowest BCUT2D eigenvalue weighted by Crippen LogP contribution is -2.24. The van der Waals surface area contributed by atoms with Crippen LogP contribution in [0.5, 0.6) is 0 Å². The number of nitrogens with one attached hydrogen (secondary N) is 1. The molecule has 0 saturated heterocycles. The zero-order chi connectivity index (χ0) is 15.6. The second-order valence-electron chi connectivity index (χ2n) is 4.93. The van der Waals surface area contributed by atoms with Crippen LogP contribution in [-0.2, 0) is 16.6 Å². The molecule has 2 rings (SSSR count). The summed E-state index contributed by atoms with van der Waals surface area (Å²) in [4.78, 5) is 0.231. The molecule has 112 valence electrons. The van der Waals surface area contributed by atoms with Crippen LogP contribution >= 0.6 is 15.9 Å². The van der Waals surface area contributed by atoms with Crippen LogP contribution in [0.25, 0.3) is 0 Å². The van der Waals surface area contributed by atoms with E-state index in [2.05, 4.69) is 20.7 Å². The molecule has 0 saturated carbocycles. The first-order valence-corrected chi connectivity index (χ1v) is 8.68. The molecule has 0 amide bonds. The van der Waals surface area contributed by atoms with Gasteiger partial charge in [0.2, 0.25) is 10.0 Å². The average molecular weight is 369 g/mol. The number of hydrogen-bond donors (Lipinski definition) is 2. The van der Waals surface area contributed by atoms with Gasteiger partial charge < -0.3 is 5.73 Å². The fourth-order valence-corrected chi connectivity index (χ4v) is 3.86. The Labute approximate surface area is 133 Å². The molecule has 21 heavy (non-hydrogen) atoms. The van der Waals surface area contributed by atoms with Crippen molar-refractivity contribution < 1.29 is 8.42 Å². The van der Waals surface area contributed by atoms with Crippen LogP contribution in [0.4, 0.5) is 5.69 Å². The summed E-state index contributed by atoms with van der Waals surface area (Å²) >= 11 is 3.36. The maximum atomic E-state index is 12.4. The number of nitrogens with two attached hydrogens (primary N) is 1. The van der Waals surface area contributed by atoms with E-state index in [0.717, 1.165) is 15.6 Å². The lowest BCUT2D eigenvalue weighted by molar-refractivity contribution is 0.580. The van der Waals surface area contributed by atoms with E-state index < -0.39 is 10.0 Å². The molecule has 0 fully saturated rings. The third-order valence-corrected chi connectivity index (χ3v) is 5.21. The molecular weight excluding hydrogens is 352 g/mol. The van der Waals surface area contributed by atoms with Crippen LogP contribution in [-0.4, -0.2) is 8.42 Å². The Morgan fingerprint density at radius 3 is 2.57 bits per heavy atom. The number of anilines is 1. The predicted molar refractivity (Wildman–Crippen MR) is 88.5 cm³/mol. The summed E-state index contributed by atoms with van der Waals surface area (Å²) in [7, 11) is -3.59. The first-order valence-electron chi connectivity index (χ1n) is 6.40. The Balaban J connectivity index is 2.27. The topological polar surface area (TPSA) is 72.2 Å². The van der Waals surface area contributed by atoms with Gasteiger partial charge in [-0.1, -0.05) is 28.1 Å². The minimum absolute atomic E-state index is 0.231. The first kappa shape index (κ1) is 16.0. The minimum atomic E-state index is -3.59. The Kier molecular flexibility index (Phi) is 4.70. The summed E-state index contributed by atoms with van der Waals surface area (Å²) < 4.78 is 28.4. The Morgan fingerprint density at radius 1 is 1.19 bits per heavy atom. The van der Waals surface area contributed by atoms with Gasteiger partial charge in [0.05, 0.1) is 4.90 Å². The van der Waals surface area contributed by atoms with Gasteiger partial charge in [0.25, 0.3) is 0 Å². The lowest BCUT2D eigenvalue weighted by atomic mass is 10.1. The molecule has 2 aromatic carbocycles. The van der Waals surface area contributed by atoms with Gasteiger partial charge in [-0.05, 0) is 54.8 Å². The highest BCUT2D eigenvalue weighted by molar-refractivity contribution is 9.10. The molecule has 0 unspecified atom stereocenters. The van der Waals surface area contributed by atoms with Crippen molar-refractivity contribution in [2.45, 2.75) is 25.3 Å². The van der Waals surface area contributed by atoms with Gasteiger partial charge in [-0.3, -0.25) is 0 Å². The van der Waals surface area contributed by atoms with Crippen LogP contribution < -0.4 is 10.5 Å².